The van der Waals surface area contributed by atoms with Gasteiger partial charge in [-0.1, -0.05) is 41.9 Å². The number of aromatic hydroxyl groups is 2. The summed E-state index contributed by atoms with van der Waals surface area (Å²) in [4.78, 5) is 4.73. The number of nitrogens with zero attached hydrogens (tertiary/aromatic N) is 3. The van der Waals surface area contributed by atoms with Crippen molar-refractivity contribution in [3.05, 3.63) is 59.2 Å². The Hall–Kier alpha value is -2.70. The number of phenolic OH excluding ortho intramolecular Hbond substituents is 2. The molecule has 0 unspecified atom stereocenters. The van der Waals surface area contributed by atoms with Crippen molar-refractivity contribution in [2.75, 3.05) is 37.6 Å². The van der Waals surface area contributed by atoms with Crippen molar-refractivity contribution in [2.45, 2.75) is 6.42 Å². The van der Waals surface area contributed by atoms with Gasteiger partial charge in [-0.2, -0.15) is 5.10 Å². The molecule has 146 valence electrons. The van der Waals surface area contributed by atoms with Gasteiger partial charge in [-0.25, -0.2) is 0 Å². The number of phenols is 2. The first kappa shape index (κ1) is 18.7. The number of hydrogen-bond donors (Lipinski definition) is 3. The molecule has 1 aromatic heterocycles. The van der Waals surface area contributed by atoms with Gasteiger partial charge in [0.2, 0.25) is 0 Å². The van der Waals surface area contributed by atoms with Crippen molar-refractivity contribution in [1.29, 1.82) is 0 Å². The molecule has 2 heterocycles. The van der Waals surface area contributed by atoms with Crippen LogP contribution in [0.5, 0.6) is 11.5 Å². The number of halogens is 1. The molecule has 1 aliphatic heterocycles. The Balaban J connectivity index is 1.42. The van der Waals surface area contributed by atoms with Crippen LogP contribution in [0.3, 0.4) is 0 Å². The Kier molecular flexibility index (Phi) is 5.41. The van der Waals surface area contributed by atoms with E-state index >= 15 is 0 Å². The van der Waals surface area contributed by atoms with Crippen LogP contribution in [-0.4, -0.2) is 58.0 Å². The fourth-order valence-electron chi connectivity index (χ4n) is 3.61. The summed E-state index contributed by atoms with van der Waals surface area (Å²) >= 11 is 6.03. The van der Waals surface area contributed by atoms with Gasteiger partial charge in [-0.3, -0.25) is 10.00 Å². The van der Waals surface area contributed by atoms with Gasteiger partial charge in [0.05, 0.1) is 22.6 Å². The topological polar surface area (TPSA) is 75.6 Å². The minimum atomic E-state index is -0.143. The fraction of sp³-hybridized carbons (Fsp3) is 0.286. The van der Waals surface area contributed by atoms with Crippen LogP contribution in [0, 0.1) is 0 Å². The Morgan fingerprint density at radius 3 is 2.50 bits per heavy atom. The van der Waals surface area contributed by atoms with E-state index in [0.717, 1.165) is 44.8 Å². The van der Waals surface area contributed by atoms with Crippen LogP contribution in [0.25, 0.3) is 11.3 Å². The average Bonchev–Trinajstić information content (AvgIpc) is 3.20. The van der Waals surface area contributed by atoms with Crippen LogP contribution in [-0.2, 0) is 6.42 Å². The van der Waals surface area contributed by atoms with E-state index in [9.17, 15) is 10.2 Å². The molecular formula is C21H23ClN4O2. The second-order valence-corrected chi connectivity index (χ2v) is 7.42. The van der Waals surface area contributed by atoms with E-state index in [1.54, 1.807) is 12.3 Å². The Bertz CT molecular complexity index is 937. The number of hydrogen-bond acceptors (Lipinski definition) is 5. The molecule has 0 saturated carbocycles. The third-order valence-corrected chi connectivity index (χ3v) is 5.53. The summed E-state index contributed by atoms with van der Waals surface area (Å²) in [5, 5.41) is 27.2. The van der Waals surface area contributed by atoms with E-state index in [4.69, 9.17) is 11.6 Å². The Labute approximate surface area is 169 Å². The summed E-state index contributed by atoms with van der Waals surface area (Å²) in [6.45, 7) is 4.76. The number of aromatic nitrogens is 2. The number of nitrogens with one attached hydrogen (secondary N) is 1. The average molecular weight is 399 g/mol. The molecule has 0 aliphatic carbocycles. The van der Waals surface area contributed by atoms with Gasteiger partial charge in [0, 0.05) is 44.4 Å². The van der Waals surface area contributed by atoms with Crippen LogP contribution in [0.4, 0.5) is 5.69 Å². The lowest BCUT2D eigenvalue weighted by molar-refractivity contribution is 0.261. The number of piperazine rings is 1. The first-order chi connectivity index (χ1) is 13.6. The first-order valence-corrected chi connectivity index (χ1v) is 9.76. The quantitative estimate of drug-likeness (QED) is 0.613. The van der Waals surface area contributed by atoms with E-state index in [-0.39, 0.29) is 16.5 Å². The lowest BCUT2D eigenvalue weighted by Crippen LogP contribution is -2.47. The predicted octanol–water partition coefficient (Wildman–Crippen LogP) is 3.51. The maximum Gasteiger partial charge on any atom is 0.137 e. The minimum Gasteiger partial charge on any atom is -0.507 e. The van der Waals surface area contributed by atoms with E-state index in [1.807, 2.05) is 6.07 Å². The lowest BCUT2D eigenvalue weighted by Gasteiger charge is -2.36. The largest absolute Gasteiger partial charge is 0.507 e. The molecule has 2 aromatic carbocycles. The van der Waals surface area contributed by atoms with Crippen molar-refractivity contribution in [2.24, 2.45) is 0 Å². The molecule has 3 N–H and O–H groups in total. The zero-order chi connectivity index (χ0) is 19.5. The molecule has 0 spiro atoms. The van der Waals surface area contributed by atoms with Crippen molar-refractivity contribution >= 4 is 17.3 Å². The monoisotopic (exact) mass is 398 g/mol. The SMILES string of the molecule is Oc1cc(O)c(-c2[nH]ncc2N2CCN(CCc3ccccc3)CC2)cc1Cl. The first-order valence-electron chi connectivity index (χ1n) is 9.38. The number of anilines is 1. The summed E-state index contributed by atoms with van der Waals surface area (Å²) in [5.74, 6) is -0.176. The van der Waals surface area contributed by atoms with Crippen LogP contribution in [0.15, 0.2) is 48.7 Å². The fourth-order valence-corrected chi connectivity index (χ4v) is 3.78. The Morgan fingerprint density at radius 2 is 1.75 bits per heavy atom. The third-order valence-electron chi connectivity index (χ3n) is 5.23. The van der Waals surface area contributed by atoms with Gasteiger partial charge in [0.1, 0.15) is 11.5 Å². The van der Waals surface area contributed by atoms with Gasteiger partial charge in [0.25, 0.3) is 0 Å². The third kappa shape index (κ3) is 3.93. The summed E-state index contributed by atoms with van der Waals surface area (Å²) in [6.07, 6.45) is 2.83. The minimum absolute atomic E-state index is 0.0334. The van der Waals surface area contributed by atoms with Crippen molar-refractivity contribution in [3.8, 4) is 22.8 Å². The Morgan fingerprint density at radius 1 is 1.00 bits per heavy atom. The summed E-state index contributed by atoms with van der Waals surface area (Å²) < 4.78 is 0. The molecule has 7 heteroatoms. The molecule has 3 aromatic rings. The molecule has 28 heavy (non-hydrogen) atoms. The normalized spacial score (nSPS) is 15.1. The maximum atomic E-state index is 10.2. The molecule has 1 fully saturated rings. The van der Waals surface area contributed by atoms with E-state index in [2.05, 4.69) is 44.3 Å². The maximum absolute atomic E-state index is 10.2. The highest BCUT2D eigenvalue weighted by molar-refractivity contribution is 6.32. The number of benzene rings is 2. The molecule has 0 bridgehead atoms. The lowest BCUT2D eigenvalue weighted by atomic mass is 10.1. The smallest absolute Gasteiger partial charge is 0.137 e. The number of aromatic amines is 1. The highest BCUT2D eigenvalue weighted by atomic mass is 35.5. The number of rotatable bonds is 5. The zero-order valence-electron chi connectivity index (χ0n) is 15.5. The molecule has 0 radical (unpaired) electrons. The van der Waals surface area contributed by atoms with E-state index in [1.165, 1.54) is 11.6 Å². The van der Waals surface area contributed by atoms with Crippen LogP contribution in [0.1, 0.15) is 5.56 Å². The van der Waals surface area contributed by atoms with Gasteiger partial charge >= 0.3 is 0 Å². The van der Waals surface area contributed by atoms with Gasteiger partial charge in [-0.05, 0) is 18.1 Å². The molecule has 0 atom stereocenters. The van der Waals surface area contributed by atoms with Gasteiger partial charge < -0.3 is 15.1 Å². The van der Waals surface area contributed by atoms with Crippen LogP contribution >= 0.6 is 11.6 Å². The molecule has 1 saturated heterocycles. The second kappa shape index (κ2) is 8.12. The summed E-state index contributed by atoms with van der Waals surface area (Å²) in [5.41, 5.74) is 3.53. The zero-order valence-corrected chi connectivity index (χ0v) is 16.2. The molecule has 6 nitrogen and oxygen atoms in total. The molecule has 0 amide bonds. The second-order valence-electron chi connectivity index (χ2n) is 7.02. The molecule has 1 aliphatic rings. The number of H-pyrrole nitrogens is 1. The standard InChI is InChI=1S/C21H23ClN4O2/c22-17-12-16(19(27)13-20(17)28)21-18(14-23-24-21)26-10-8-25(9-11-26)7-6-15-4-2-1-3-5-15/h1-5,12-14,27-28H,6-11H2,(H,23,24). The van der Waals surface area contributed by atoms with Gasteiger partial charge in [-0.15, -0.1) is 0 Å². The summed E-state index contributed by atoms with van der Waals surface area (Å²) in [6, 6.07) is 13.4. The summed E-state index contributed by atoms with van der Waals surface area (Å²) in [7, 11) is 0. The van der Waals surface area contributed by atoms with Crippen molar-refractivity contribution < 1.29 is 10.2 Å². The molecular weight excluding hydrogens is 376 g/mol. The predicted molar refractivity (Wildman–Crippen MR) is 111 cm³/mol. The molecule has 4 rings (SSSR count). The van der Waals surface area contributed by atoms with Crippen molar-refractivity contribution in [3.63, 3.8) is 0 Å². The van der Waals surface area contributed by atoms with Crippen LogP contribution in [0.2, 0.25) is 5.02 Å². The van der Waals surface area contributed by atoms with Crippen molar-refractivity contribution in [1.82, 2.24) is 15.1 Å². The van der Waals surface area contributed by atoms with Gasteiger partial charge in [0.15, 0.2) is 0 Å². The highest BCUT2D eigenvalue weighted by Crippen LogP contribution is 2.40. The van der Waals surface area contributed by atoms with Crippen LogP contribution < -0.4 is 4.90 Å². The highest BCUT2D eigenvalue weighted by Gasteiger charge is 2.22. The van der Waals surface area contributed by atoms with E-state index in [0.29, 0.717) is 11.3 Å². The van der Waals surface area contributed by atoms with E-state index < -0.39 is 0 Å².